The summed E-state index contributed by atoms with van der Waals surface area (Å²) in [7, 11) is 0. The third-order valence-corrected chi connectivity index (χ3v) is 4.42. The maximum atomic E-state index is 12.1. The number of ether oxygens (including phenoxy) is 1. The topological polar surface area (TPSA) is 44.8 Å². The lowest BCUT2D eigenvalue weighted by Gasteiger charge is -2.34. The van der Waals surface area contributed by atoms with Crippen molar-refractivity contribution in [2.24, 2.45) is 0 Å². The molecule has 6 heteroatoms. The molecule has 1 N–H and O–H groups in total. The second-order valence-corrected chi connectivity index (χ2v) is 6.22. The van der Waals surface area contributed by atoms with Crippen LogP contribution < -0.4 is 5.32 Å². The van der Waals surface area contributed by atoms with Gasteiger partial charge in [-0.2, -0.15) is 0 Å². The summed E-state index contributed by atoms with van der Waals surface area (Å²) in [6, 6.07) is 10.2. The molecular formula is C16H21N3O2S. The predicted octanol–water partition coefficient (Wildman–Crippen LogP) is 0.993. The Bertz CT molecular complexity index is 552. The second kappa shape index (κ2) is 6.73. The number of nitrogens with one attached hydrogen (secondary N) is 1. The standard InChI is InChI=1S/C16H21N3O2S/c1-12-15(20)19(16(22)17-12)11-14-10-18(7-8-21-14)9-13-5-3-2-4-6-13/h2-6,12,14H,7-11H2,1H3,(H,17,22)/t12-,14-/m1/s1. The highest BCUT2D eigenvalue weighted by Gasteiger charge is 2.34. The molecule has 0 radical (unpaired) electrons. The number of thiocarbonyl (C=S) groups is 1. The zero-order valence-corrected chi connectivity index (χ0v) is 13.5. The number of morpholine rings is 1. The summed E-state index contributed by atoms with van der Waals surface area (Å²) in [6.07, 6.45) is 0.00598. The van der Waals surface area contributed by atoms with Crippen molar-refractivity contribution in [2.75, 3.05) is 26.2 Å². The minimum Gasteiger partial charge on any atom is -0.374 e. The molecule has 2 saturated heterocycles. The molecule has 1 aromatic rings. The largest absolute Gasteiger partial charge is 0.374 e. The molecule has 22 heavy (non-hydrogen) atoms. The first-order valence-corrected chi connectivity index (χ1v) is 8.04. The summed E-state index contributed by atoms with van der Waals surface area (Å²) in [6.45, 7) is 5.69. The van der Waals surface area contributed by atoms with Crippen LogP contribution in [-0.2, 0) is 16.1 Å². The molecule has 0 spiro atoms. The normalized spacial score (nSPS) is 26.3. The number of carbonyl (C=O) groups excluding carboxylic acids is 1. The van der Waals surface area contributed by atoms with Crippen LogP contribution in [0.4, 0.5) is 0 Å². The van der Waals surface area contributed by atoms with Crippen molar-refractivity contribution < 1.29 is 9.53 Å². The van der Waals surface area contributed by atoms with E-state index >= 15 is 0 Å². The first-order valence-electron chi connectivity index (χ1n) is 7.63. The van der Waals surface area contributed by atoms with Crippen molar-refractivity contribution in [2.45, 2.75) is 25.6 Å². The molecule has 5 nitrogen and oxygen atoms in total. The highest BCUT2D eigenvalue weighted by atomic mass is 32.1. The minimum absolute atomic E-state index is 0.00598. The fourth-order valence-corrected chi connectivity index (χ4v) is 3.25. The van der Waals surface area contributed by atoms with Gasteiger partial charge in [0.2, 0.25) is 0 Å². The van der Waals surface area contributed by atoms with Gasteiger partial charge in [0.25, 0.3) is 5.91 Å². The number of rotatable bonds is 4. The Labute approximate surface area is 136 Å². The third kappa shape index (κ3) is 3.45. The van der Waals surface area contributed by atoms with Gasteiger partial charge >= 0.3 is 0 Å². The maximum Gasteiger partial charge on any atom is 0.251 e. The number of hydrogen-bond acceptors (Lipinski definition) is 4. The SMILES string of the molecule is C[C@H]1NC(=S)N(C[C@H]2CN(Cc3ccccc3)CCO2)C1=O. The van der Waals surface area contributed by atoms with E-state index in [9.17, 15) is 4.79 Å². The molecule has 0 aliphatic carbocycles. The number of hydrogen-bond donors (Lipinski definition) is 1. The Morgan fingerprint density at radius 1 is 1.36 bits per heavy atom. The number of amides is 1. The fraction of sp³-hybridized carbons (Fsp3) is 0.500. The highest BCUT2D eigenvalue weighted by molar-refractivity contribution is 7.80. The van der Waals surface area contributed by atoms with Crippen LogP contribution in [0.1, 0.15) is 12.5 Å². The summed E-state index contributed by atoms with van der Waals surface area (Å²) >= 11 is 5.22. The highest BCUT2D eigenvalue weighted by Crippen LogP contribution is 2.14. The van der Waals surface area contributed by atoms with Gasteiger partial charge in [-0.15, -0.1) is 0 Å². The van der Waals surface area contributed by atoms with E-state index in [1.807, 2.05) is 13.0 Å². The van der Waals surface area contributed by atoms with Crippen LogP contribution in [0.3, 0.4) is 0 Å². The van der Waals surface area contributed by atoms with Crippen LogP contribution in [0.5, 0.6) is 0 Å². The molecule has 118 valence electrons. The second-order valence-electron chi connectivity index (χ2n) is 5.83. The van der Waals surface area contributed by atoms with Gasteiger partial charge < -0.3 is 10.1 Å². The predicted molar refractivity (Wildman–Crippen MR) is 88.4 cm³/mol. The Morgan fingerprint density at radius 2 is 2.14 bits per heavy atom. The average molecular weight is 319 g/mol. The van der Waals surface area contributed by atoms with Crippen molar-refractivity contribution in [3.8, 4) is 0 Å². The van der Waals surface area contributed by atoms with Crippen LogP contribution in [0, 0.1) is 0 Å². The van der Waals surface area contributed by atoms with E-state index in [2.05, 4.69) is 34.5 Å². The maximum absolute atomic E-state index is 12.1. The molecule has 2 heterocycles. The number of carbonyl (C=O) groups is 1. The van der Waals surface area contributed by atoms with Crippen molar-refractivity contribution in [3.63, 3.8) is 0 Å². The Balaban J connectivity index is 1.57. The van der Waals surface area contributed by atoms with Gasteiger partial charge in [-0.3, -0.25) is 14.6 Å². The molecule has 2 aliphatic rings. The van der Waals surface area contributed by atoms with Crippen molar-refractivity contribution in [3.05, 3.63) is 35.9 Å². The molecule has 1 amide bonds. The van der Waals surface area contributed by atoms with Crippen LogP contribution in [0.2, 0.25) is 0 Å². The first-order chi connectivity index (χ1) is 10.6. The van der Waals surface area contributed by atoms with Crippen LogP contribution >= 0.6 is 12.2 Å². The van der Waals surface area contributed by atoms with Crippen LogP contribution in [0.15, 0.2) is 30.3 Å². The Morgan fingerprint density at radius 3 is 2.82 bits per heavy atom. The molecule has 2 fully saturated rings. The summed E-state index contributed by atoms with van der Waals surface area (Å²) in [5, 5.41) is 3.51. The fourth-order valence-electron chi connectivity index (χ4n) is 2.91. The van der Waals surface area contributed by atoms with E-state index in [-0.39, 0.29) is 18.1 Å². The molecule has 0 aromatic heterocycles. The summed E-state index contributed by atoms with van der Waals surface area (Å²) in [4.78, 5) is 16.1. The van der Waals surface area contributed by atoms with Gasteiger partial charge in [-0.1, -0.05) is 30.3 Å². The molecule has 0 unspecified atom stereocenters. The van der Waals surface area contributed by atoms with Gasteiger partial charge in [0, 0.05) is 19.6 Å². The number of nitrogens with zero attached hydrogens (tertiary/aromatic N) is 2. The van der Waals surface area contributed by atoms with E-state index in [0.29, 0.717) is 18.3 Å². The van der Waals surface area contributed by atoms with Gasteiger partial charge in [0.15, 0.2) is 5.11 Å². The lowest BCUT2D eigenvalue weighted by molar-refractivity contribution is -0.129. The monoisotopic (exact) mass is 319 g/mol. The van der Waals surface area contributed by atoms with Crippen molar-refractivity contribution in [1.29, 1.82) is 0 Å². The molecule has 2 atom stereocenters. The van der Waals surface area contributed by atoms with Crippen LogP contribution in [-0.4, -0.2) is 59.2 Å². The molecule has 0 saturated carbocycles. The average Bonchev–Trinajstić information content (AvgIpc) is 2.75. The Kier molecular flexibility index (Phi) is 4.71. The number of benzene rings is 1. The van der Waals surface area contributed by atoms with Gasteiger partial charge in [0.05, 0.1) is 19.3 Å². The van der Waals surface area contributed by atoms with Gasteiger partial charge in [-0.05, 0) is 24.7 Å². The Hall–Kier alpha value is -1.50. The molecular weight excluding hydrogens is 298 g/mol. The quantitative estimate of drug-likeness (QED) is 0.839. The van der Waals surface area contributed by atoms with E-state index < -0.39 is 0 Å². The van der Waals surface area contributed by atoms with Crippen molar-refractivity contribution in [1.82, 2.24) is 15.1 Å². The summed E-state index contributed by atoms with van der Waals surface area (Å²) in [5.41, 5.74) is 1.30. The summed E-state index contributed by atoms with van der Waals surface area (Å²) < 4.78 is 5.82. The molecule has 3 rings (SSSR count). The zero-order chi connectivity index (χ0) is 15.5. The van der Waals surface area contributed by atoms with E-state index in [1.165, 1.54) is 5.56 Å². The van der Waals surface area contributed by atoms with E-state index in [4.69, 9.17) is 17.0 Å². The van der Waals surface area contributed by atoms with Crippen molar-refractivity contribution >= 4 is 23.2 Å². The lowest BCUT2D eigenvalue weighted by atomic mass is 10.2. The van der Waals surface area contributed by atoms with Gasteiger partial charge in [-0.25, -0.2) is 0 Å². The smallest absolute Gasteiger partial charge is 0.251 e. The third-order valence-electron chi connectivity index (χ3n) is 4.08. The lowest BCUT2D eigenvalue weighted by Crippen LogP contribution is -2.48. The zero-order valence-electron chi connectivity index (χ0n) is 12.7. The molecule has 2 aliphatic heterocycles. The molecule has 1 aromatic carbocycles. The first kappa shape index (κ1) is 15.4. The minimum atomic E-state index is -0.225. The van der Waals surface area contributed by atoms with E-state index in [1.54, 1.807) is 4.90 Å². The van der Waals surface area contributed by atoms with Gasteiger partial charge in [0.1, 0.15) is 6.04 Å². The molecule has 0 bridgehead atoms. The van der Waals surface area contributed by atoms with Crippen LogP contribution in [0.25, 0.3) is 0 Å². The van der Waals surface area contributed by atoms with E-state index in [0.717, 1.165) is 19.6 Å². The summed E-state index contributed by atoms with van der Waals surface area (Å²) in [5.74, 6) is 0.0359.